The second-order valence-electron chi connectivity index (χ2n) is 6.42. The maximum Gasteiger partial charge on any atom is 0.425 e. The average Bonchev–Trinajstić information content (AvgIpc) is 2.36. The molecule has 0 aromatic heterocycles. The molecule has 1 aliphatic heterocycles. The lowest BCUT2D eigenvalue weighted by Gasteiger charge is -2.24. The van der Waals surface area contributed by atoms with Gasteiger partial charge >= 0.3 is 16.4 Å². The molecule has 0 aliphatic carbocycles. The summed E-state index contributed by atoms with van der Waals surface area (Å²) in [7, 11) is -4.03. The maximum atomic E-state index is 11.8. The normalized spacial score (nSPS) is 24.1. The summed E-state index contributed by atoms with van der Waals surface area (Å²) in [4.78, 5) is 11.8. The van der Waals surface area contributed by atoms with Crippen molar-refractivity contribution < 1.29 is 22.1 Å². The molecule has 18 heavy (non-hydrogen) atoms. The Balaban J connectivity index is 2.88. The quantitative estimate of drug-likeness (QED) is 0.677. The molecule has 1 saturated heterocycles. The van der Waals surface area contributed by atoms with Crippen LogP contribution in [0.4, 0.5) is 4.79 Å². The Bertz CT molecular complexity index is 429. The first-order valence-electron chi connectivity index (χ1n) is 5.77. The van der Waals surface area contributed by atoms with Gasteiger partial charge in [-0.15, -0.1) is 0 Å². The van der Waals surface area contributed by atoms with E-state index in [0.717, 1.165) is 0 Å². The highest BCUT2D eigenvalue weighted by molar-refractivity contribution is 7.85. The van der Waals surface area contributed by atoms with Gasteiger partial charge in [0.1, 0.15) is 11.7 Å². The molecule has 1 atom stereocenters. The second-order valence-corrected chi connectivity index (χ2v) is 7.91. The summed E-state index contributed by atoms with van der Waals surface area (Å²) in [6.07, 6.45) is -1.45. The van der Waals surface area contributed by atoms with Crippen molar-refractivity contribution in [1.29, 1.82) is 0 Å². The number of carbonyl (C=O) groups is 1. The highest BCUT2D eigenvalue weighted by Crippen LogP contribution is 2.32. The summed E-state index contributed by atoms with van der Waals surface area (Å²) in [5, 5.41) is 0. The van der Waals surface area contributed by atoms with Crippen molar-refractivity contribution in [2.75, 3.05) is 6.54 Å². The molecule has 0 bridgehead atoms. The number of rotatable bonds is 0. The molecule has 1 rings (SSSR count). The van der Waals surface area contributed by atoms with E-state index in [2.05, 4.69) is 0 Å². The number of hydrogen-bond acceptors (Lipinski definition) is 5. The van der Waals surface area contributed by atoms with Crippen molar-refractivity contribution in [2.24, 2.45) is 5.41 Å². The zero-order valence-corrected chi connectivity index (χ0v) is 12.5. The highest BCUT2D eigenvalue weighted by Gasteiger charge is 2.46. The Morgan fingerprint density at radius 2 is 1.72 bits per heavy atom. The smallest absolute Gasteiger partial charge is 0.425 e. The third-order valence-corrected chi connectivity index (χ3v) is 3.72. The van der Waals surface area contributed by atoms with E-state index < -0.39 is 28.1 Å². The van der Waals surface area contributed by atoms with Gasteiger partial charge in [-0.3, -0.25) is 0 Å². The predicted octanol–water partition coefficient (Wildman–Crippen LogP) is 1.91. The average molecular weight is 279 g/mol. The number of hydrogen-bond donors (Lipinski definition) is 0. The summed E-state index contributed by atoms with van der Waals surface area (Å²) in [5.41, 5.74) is -1.11. The molecule has 106 valence electrons. The Labute approximate surface area is 109 Å². The Hall–Kier alpha value is -0.820. The van der Waals surface area contributed by atoms with E-state index in [0.29, 0.717) is 4.31 Å². The summed E-state index contributed by atoms with van der Waals surface area (Å²) < 4.78 is 34.1. The highest BCUT2D eigenvalue weighted by atomic mass is 32.2. The van der Waals surface area contributed by atoms with E-state index in [9.17, 15) is 13.2 Å². The van der Waals surface area contributed by atoms with E-state index in [-0.39, 0.29) is 12.0 Å². The molecule has 0 saturated carbocycles. The van der Waals surface area contributed by atoms with Gasteiger partial charge in [0.15, 0.2) is 0 Å². The minimum Gasteiger partial charge on any atom is -0.443 e. The van der Waals surface area contributed by atoms with Crippen molar-refractivity contribution in [1.82, 2.24) is 4.31 Å². The van der Waals surface area contributed by atoms with Crippen molar-refractivity contribution in [2.45, 2.75) is 53.2 Å². The number of carbonyl (C=O) groups excluding carboxylic acids is 1. The van der Waals surface area contributed by atoms with Crippen molar-refractivity contribution in [3.63, 3.8) is 0 Å². The summed E-state index contributed by atoms with van der Waals surface area (Å²) in [5.74, 6) is 0. The molecule has 1 amide bonds. The lowest BCUT2D eigenvalue weighted by molar-refractivity contribution is 0.0378. The Morgan fingerprint density at radius 1 is 1.22 bits per heavy atom. The summed E-state index contributed by atoms with van der Waals surface area (Å²) >= 11 is 0. The van der Waals surface area contributed by atoms with Crippen molar-refractivity contribution in [3.05, 3.63) is 0 Å². The first kappa shape index (κ1) is 15.2. The van der Waals surface area contributed by atoms with Crippen molar-refractivity contribution in [3.8, 4) is 0 Å². The van der Waals surface area contributed by atoms with Crippen LogP contribution in [0.5, 0.6) is 0 Å². The van der Waals surface area contributed by atoms with Crippen LogP contribution in [-0.2, 0) is 19.2 Å². The minimum atomic E-state index is -4.03. The molecule has 0 spiro atoms. The molecule has 0 N–H and O–H groups in total. The van der Waals surface area contributed by atoms with Crippen molar-refractivity contribution >= 4 is 16.4 Å². The van der Waals surface area contributed by atoms with Crippen LogP contribution in [0.2, 0.25) is 0 Å². The third kappa shape index (κ3) is 3.58. The predicted molar refractivity (Wildman–Crippen MR) is 66.2 cm³/mol. The summed E-state index contributed by atoms with van der Waals surface area (Å²) in [6, 6.07) is 0. The van der Waals surface area contributed by atoms with E-state index in [1.807, 2.05) is 20.8 Å². The fourth-order valence-corrected chi connectivity index (χ4v) is 2.65. The van der Waals surface area contributed by atoms with E-state index in [1.54, 1.807) is 20.8 Å². The van der Waals surface area contributed by atoms with Gasteiger partial charge in [0.25, 0.3) is 0 Å². The van der Waals surface area contributed by atoms with Crippen LogP contribution in [-0.4, -0.2) is 37.1 Å². The Morgan fingerprint density at radius 3 is 2.06 bits per heavy atom. The number of nitrogens with zero attached hydrogens (tertiary/aromatic N) is 1. The minimum absolute atomic E-state index is 0.0131. The van der Waals surface area contributed by atoms with Gasteiger partial charge in [-0.1, -0.05) is 20.8 Å². The van der Waals surface area contributed by atoms with Gasteiger partial charge in [0, 0.05) is 0 Å². The van der Waals surface area contributed by atoms with Crippen LogP contribution in [0.1, 0.15) is 41.5 Å². The van der Waals surface area contributed by atoms with Gasteiger partial charge in [0.05, 0.1) is 6.54 Å². The van der Waals surface area contributed by atoms with Crippen LogP contribution in [0, 0.1) is 5.41 Å². The van der Waals surface area contributed by atoms with Gasteiger partial charge in [-0.05, 0) is 26.2 Å². The SMILES string of the molecule is CC(C)(C)OC(=O)N1C[C@H](C(C)(C)C)OS1(=O)=O. The largest absolute Gasteiger partial charge is 0.443 e. The fraction of sp³-hybridized carbons (Fsp3) is 0.909. The molecule has 0 unspecified atom stereocenters. The van der Waals surface area contributed by atoms with Crippen LogP contribution < -0.4 is 0 Å². The van der Waals surface area contributed by atoms with Gasteiger partial charge < -0.3 is 4.74 Å². The standard InChI is InChI=1S/C11H21NO5S/c1-10(2,3)8-7-12(18(14,15)17-8)9(13)16-11(4,5)6/h8H,7H2,1-6H3/t8-/m1/s1. The first-order valence-corrected chi connectivity index (χ1v) is 7.13. The molecule has 1 aliphatic rings. The molecule has 0 radical (unpaired) electrons. The second kappa shape index (κ2) is 4.38. The monoisotopic (exact) mass is 279 g/mol. The molecule has 1 fully saturated rings. The van der Waals surface area contributed by atoms with E-state index in [1.165, 1.54) is 0 Å². The van der Waals surface area contributed by atoms with E-state index in [4.69, 9.17) is 8.92 Å². The van der Waals surface area contributed by atoms with Crippen LogP contribution >= 0.6 is 0 Å². The first-order chi connectivity index (χ1) is 7.83. The van der Waals surface area contributed by atoms with Gasteiger partial charge in [-0.25, -0.2) is 8.98 Å². The zero-order chi connectivity index (χ0) is 14.4. The number of ether oxygens (including phenoxy) is 1. The van der Waals surface area contributed by atoms with Crippen LogP contribution in [0.15, 0.2) is 0 Å². The topological polar surface area (TPSA) is 72.9 Å². The molecule has 7 heteroatoms. The van der Waals surface area contributed by atoms with Gasteiger partial charge in [-0.2, -0.15) is 12.7 Å². The summed E-state index contributed by atoms with van der Waals surface area (Å²) in [6.45, 7) is 10.6. The third-order valence-electron chi connectivity index (χ3n) is 2.40. The molecular formula is C11H21NO5S. The molecule has 0 aromatic rings. The lowest BCUT2D eigenvalue weighted by Crippen LogP contribution is -2.39. The maximum absolute atomic E-state index is 11.8. The molecule has 6 nitrogen and oxygen atoms in total. The Kier molecular flexibility index (Phi) is 3.71. The van der Waals surface area contributed by atoms with Gasteiger partial charge in [0.2, 0.25) is 0 Å². The fourth-order valence-electron chi connectivity index (χ4n) is 1.37. The number of amides is 1. The van der Waals surface area contributed by atoms with Crippen LogP contribution in [0.3, 0.4) is 0 Å². The molecular weight excluding hydrogens is 258 g/mol. The molecule has 0 aromatic carbocycles. The lowest BCUT2D eigenvalue weighted by atomic mass is 9.89. The molecule has 1 heterocycles. The zero-order valence-electron chi connectivity index (χ0n) is 11.7. The van der Waals surface area contributed by atoms with E-state index >= 15 is 0 Å². The van der Waals surface area contributed by atoms with Crippen LogP contribution in [0.25, 0.3) is 0 Å².